The van der Waals surface area contributed by atoms with Crippen molar-refractivity contribution in [3.05, 3.63) is 104 Å². The van der Waals surface area contributed by atoms with Gasteiger partial charge in [0.25, 0.3) is 0 Å². The number of carbonyl (C=O) groups is 1. The van der Waals surface area contributed by atoms with Crippen LogP contribution in [0.5, 0.6) is 0 Å². The van der Waals surface area contributed by atoms with Gasteiger partial charge in [0.15, 0.2) is 5.78 Å². The second kappa shape index (κ2) is 16.2. The molecule has 6 aromatic rings. The minimum atomic E-state index is -2.23. The van der Waals surface area contributed by atoms with E-state index in [9.17, 15) is 9.90 Å². The minimum absolute atomic E-state index is 0. The topological polar surface area (TPSA) is 41.2 Å². The van der Waals surface area contributed by atoms with E-state index in [1.165, 1.54) is 52.3 Å². The first kappa shape index (κ1) is 37.9. The zero-order valence-corrected chi connectivity index (χ0v) is 34.6. The molecule has 0 aliphatic heterocycles. The minimum Gasteiger partial charge on any atom is 0 e. The van der Waals surface area contributed by atoms with E-state index in [4.69, 9.17) is 0 Å². The number of aliphatic hydroxyl groups is 1. The average molecular weight is 896 g/mol. The van der Waals surface area contributed by atoms with Crippen LogP contribution in [-0.2, 0) is 24.9 Å². The second-order valence-electron chi connectivity index (χ2n) is 13.5. The molecule has 0 spiro atoms. The van der Waals surface area contributed by atoms with E-state index in [1.54, 1.807) is 0 Å². The molecule has 2 aromatic heterocycles. The summed E-state index contributed by atoms with van der Waals surface area (Å²) in [5, 5.41) is 16.4. The molecule has 0 saturated carbocycles. The van der Waals surface area contributed by atoms with Gasteiger partial charge in [-0.05, 0) is 25.7 Å². The largest absolute Gasteiger partial charge is 0 e. The summed E-state index contributed by atoms with van der Waals surface area (Å²) in [5.41, 5.74) is 3.51. The molecule has 6 heteroatoms. The molecule has 2 heterocycles. The smallest absolute Gasteiger partial charge is 0 e. The zero-order valence-electron chi connectivity index (χ0n) is 29.3. The first-order valence-electron chi connectivity index (χ1n) is 17.0. The molecule has 3 nitrogen and oxygen atoms in total. The number of hydrogen-bond donors (Lipinski definition) is 1. The number of hydrogen-bond acceptors (Lipinski definition) is 3. The summed E-state index contributed by atoms with van der Waals surface area (Å²) >= 11 is -0.371. The number of aromatic nitrogens is 1. The van der Waals surface area contributed by atoms with Crippen LogP contribution in [0.1, 0.15) is 53.4 Å². The Kier molecular flexibility index (Phi) is 12.7. The fourth-order valence-corrected chi connectivity index (χ4v) is 11.2. The van der Waals surface area contributed by atoms with Gasteiger partial charge in [-0.3, -0.25) is 4.79 Å². The van der Waals surface area contributed by atoms with Gasteiger partial charge in [0.05, 0.1) is 5.76 Å². The standard InChI is InChI=1S/C29H24GeNS.C13H24O2.Ir/c1-30(2,3)24-18-26(31(4)25-17-16-19-10-5-6-11-20(19)28(24)25)23-14-9-13-22-21-12-7-8-15-27(21)32-29(22)23;1-5-10(6-2)12(14)9-13(15)11(7-3)8-4;/h5-13,15-18H,4H2,1-3H3;9-11,14H,5-8H2,1-4H3;/q-1;;/b;12-9-;. The van der Waals surface area contributed by atoms with Crippen LogP contribution in [0, 0.1) is 24.9 Å². The molecule has 0 aliphatic carbocycles. The van der Waals surface area contributed by atoms with Crippen molar-refractivity contribution < 1.29 is 34.6 Å². The summed E-state index contributed by atoms with van der Waals surface area (Å²) < 4.78 is 6.27. The van der Waals surface area contributed by atoms with Crippen LogP contribution >= 0.6 is 11.3 Å². The zero-order chi connectivity index (χ0) is 33.9. The number of pyridine rings is 1. The van der Waals surface area contributed by atoms with Crippen LogP contribution in [0.4, 0.5) is 0 Å². The number of aliphatic hydroxyl groups excluding tert-OH is 1. The number of carbonyl (C=O) groups excluding carboxylic acids is 1. The van der Waals surface area contributed by atoms with Crippen LogP contribution in [0.3, 0.4) is 0 Å². The van der Waals surface area contributed by atoms with E-state index in [0.29, 0.717) is 0 Å². The van der Waals surface area contributed by atoms with Gasteiger partial charge in [-0.1, -0.05) is 27.7 Å². The van der Waals surface area contributed by atoms with Gasteiger partial charge in [-0.25, -0.2) is 0 Å². The summed E-state index contributed by atoms with van der Waals surface area (Å²) in [6.45, 7) is 8.07. The van der Waals surface area contributed by atoms with Gasteiger partial charge in [-0.15, -0.1) is 0 Å². The Morgan fingerprint density at radius 1 is 0.875 bits per heavy atom. The van der Waals surface area contributed by atoms with Crippen LogP contribution in [0.15, 0.2) is 90.7 Å². The fraction of sp³-hybridized carbons (Fsp3) is 0.310. The van der Waals surface area contributed by atoms with E-state index in [0.717, 1.165) is 36.9 Å². The van der Waals surface area contributed by atoms with Crippen LogP contribution in [0.2, 0.25) is 17.3 Å². The van der Waals surface area contributed by atoms with E-state index in [-0.39, 0.29) is 43.5 Å². The number of benzene rings is 4. The van der Waals surface area contributed by atoms with Crippen LogP contribution in [-0.4, -0.2) is 24.2 Å². The quantitative estimate of drug-likeness (QED) is 0.0392. The molecule has 0 amide bonds. The Labute approximate surface area is 306 Å². The maximum absolute atomic E-state index is 11.7. The van der Waals surface area contributed by atoms with Gasteiger partial charge >= 0.3 is 196 Å². The SMILES string of the molecule is CCC(CC)C(=O)/C=C(\O)C(CC)CC.[CH2-][n+]1c(-c2[c-]ccc3c2sc2ccccc23)c[c]([Ge]([CH3])([CH3])[CH3])c2c3ccccc3ccc21.[Ir]. The molecule has 48 heavy (non-hydrogen) atoms. The first-order valence-corrected chi connectivity index (χ1v) is 25.2. The van der Waals surface area contributed by atoms with Crippen molar-refractivity contribution in [1.82, 2.24) is 0 Å². The summed E-state index contributed by atoms with van der Waals surface area (Å²) in [6, 6.07) is 32.2. The molecule has 0 atom stereocenters. The predicted octanol–water partition coefficient (Wildman–Crippen LogP) is 11.2. The van der Waals surface area contributed by atoms with E-state index >= 15 is 0 Å². The third kappa shape index (κ3) is 7.60. The van der Waals surface area contributed by atoms with Crippen molar-refractivity contribution in [2.75, 3.05) is 0 Å². The molecular weight excluding hydrogens is 847 g/mol. The van der Waals surface area contributed by atoms with Gasteiger partial charge < -0.3 is 5.11 Å². The predicted molar refractivity (Wildman–Crippen MR) is 206 cm³/mol. The summed E-state index contributed by atoms with van der Waals surface area (Å²) in [6.07, 6.45) is 4.91. The number of thiophene rings is 1. The van der Waals surface area contributed by atoms with Gasteiger partial charge in [-0.2, -0.15) is 0 Å². The van der Waals surface area contributed by atoms with E-state index in [2.05, 4.69) is 114 Å². The Hall–Kier alpha value is -2.96. The number of allylic oxidation sites excluding steroid dienone is 2. The van der Waals surface area contributed by atoms with Gasteiger partial charge in [0.2, 0.25) is 0 Å². The van der Waals surface area contributed by atoms with Crippen LogP contribution in [0.25, 0.3) is 53.1 Å². The van der Waals surface area contributed by atoms with Crippen molar-refractivity contribution in [2.24, 2.45) is 11.8 Å². The number of fused-ring (bicyclic) bond motifs is 6. The molecular formula is C42H48GeIrNO2S-. The molecule has 0 aliphatic rings. The van der Waals surface area contributed by atoms with Crippen molar-refractivity contribution in [3.8, 4) is 11.3 Å². The van der Waals surface area contributed by atoms with Crippen molar-refractivity contribution in [1.29, 1.82) is 0 Å². The molecule has 0 unspecified atom stereocenters. The molecule has 1 radical (unpaired) electrons. The normalized spacial score (nSPS) is 12.1. The van der Waals surface area contributed by atoms with Crippen molar-refractivity contribution in [3.63, 3.8) is 0 Å². The molecule has 0 fully saturated rings. The molecule has 0 bridgehead atoms. The first-order chi connectivity index (χ1) is 22.5. The molecule has 1 N–H and O–H groups in total. The van der Waals surface area contributed by atoms with E-state index in [1.807, 2.05) is 39.0 Å². The van der Waals surface area contributed by atoms with Crippen molar-refractivity contribution in [2.45, 2.75) is 70.6 Å². The summed E-state index contributed by atoms with van der Waals surface area (Å²) in [7, 11) is 4.54. The average Bonchev–Trinajstić information content (AvgIpc) is 3.45. The molecule has 6 rings (SSSR count). The van der Waals surface area contributed by atoms with Crippen molar-refractivity contribution >= 4 is 76.6 Å². The monoisotopic (exact) mass is 897 g/mol. The van der Waals surface area contributed by atoms with Crippen LogP contribution < -0.4 is 8.96 Å². The third-order valence-electron chi connectivity index (χ3n) is 9.52. The fourth-order valence-electron chi connectivity index (χ4n) is 6.64. The maximum Gasteiger partial charge on any atom is 0 e. The molecule has 253 valence electrons. The maximum atomic E-state index is 11.7. The Balaban J connectivity index is 0.000000279. The molecule has 0 saturated heterocycles. The number of rotatable bonds is 9. The van der Waals surface area contributed by atoms with Gasteiger partial charge in [0.1, 0.15) is 0 Å². The summed E-state index contributed by atoms with van der Waals surface area (Å²) in [5.74, 6) is 8.00. The number of nitrogens with zero attached hydrogens (tertiary/aromatic N) is 1. The third-order valence-corrected chi connectivity index (χ3v) is 14.9. The molecule has 4 aromatic carbocycles. The second-order valence-corrected chi connectivity index (χ2v) is 25.1. The number of ketones is 1. The Bertz CT molecular complexity index is 2080. The summed E-state index contributed by atoms with van der Waals surface area (Å²) in [4.78, 5) is 11.7. The van der Waals surface area contributed by atoms with Gasteiger partial charge in [0, 0.05) is 38.0 Å². The Morgan fingerprint density at radius 3 is 2.15 bits per heavy atom. The Morgan fingerprint density at radius 2 is 1.50 bits per heavy atom. The van der Waals surface area contributed by atoms with E-state index < -0.39 is 13.3 Å².